The Kier molecular flexibility index (Phi) is 6.63. The lowest BCUT2D eigenvalue weighted by atomic mass is 10.2. The number of carbonyl (C=O) groups is 2. The molecule has 0 saturated carbocycles. The van der Waals surface area contributed by atoms with Crippen molar-refractivity contribution in [3.8, 4) is 5.75 Å². The maximum atomic E-state index is 13.4. The van der Waals surface area contributed by atoms with Gasteiger partial charge in [0, 0.05) is 5.56 Å². The predicted octanol–water partition coefficient (Wildman–Crippen LogP) is 4.95. The lowest BCUT2D eigenvalue weighted by molar-refractivity contribution is -0.123. The van der Waals surface area contributed by atoms with Crippen LogP contribution < -0.4 is 10.2 Å². The molecule has 5 nitrogen and oxygen atoms in total. The van der Waals surface area contributed by atoms with Crippen LogP contribution in [0.1, 0.15) is 21.5 Å². The maximum Gasteiger partial charge on any atom is 0.285 e. The zero-order chi connectivity index (χ0) is 22.5. The van der Waals surface area contributed by atoms with Crippen LogP contribution in [-0.4, -0.2) is 21.1 Å². The molecule has 1 heterocycles. The fourth-order valence-corrected chi connectivity index (χ4v) is 4.10. The van der Waals surface area contributed by atoms with E-state index in [2.05, 4.69) is 5.43 Å². The van der Waals surface area contributed by atoms with Crippen LogP contribution in [-0.2, 0) is 11.4 Å². The van der Waals surface area contributed by atoms with Gasteiger partial charge in [0.1, 0.15) is 18.2 Å². The minimum atomic E-state index is -0.483. The summed E-state index contributed by atoms with van der Waals surface area (Å²) in [7, 11) is 0. The molecule has 1 fully saturated rings. The van der Waals surface area contributed by atoms with Crippen molar-refractivity contribution in [1.29, 1.82) is 0 Å². The van der Waals surface area contributed by atoms with Gasteiger partial charge in [-0.15, -0.1) is 0 Å². The second kappa shape index (κ2) is 9.76. The lowest BCUT2D eigenvalue weighted by Gasteiger charge is -2.15. The summed E-state index contributed by atoms with van der Waals surface area (Å²) >= 11 is 6.26. The molecule has 3 aromatic rings. The van der Waals surface area contributed by atoms with Gasteiger partial charge in [0.15, 0.2) is 4.32 Å². The standard InChI is InChI=1S/C24H17FN2O3S2/c25-19-8-4-7-17(13-19)14-21-23(29)27(24(31)32-21)26-22(28)18-9-11-20(12-10-18)30-15-16-5-2-1-3-6-16/h1-14H,15H2,(H,26,28). The van der Waals surface area contributed by atoms with E-state index in [0.717, 1.165) is 22.3 Å². The van der Waals surface area contributed by atoms with E-state index in [1.54, 1.807) is 36.4 Å². The summed E-state index contributed by atoms with van der Waals surface area (Å²) in [5, 5.41) is 1.02. The molecule has 0 bridgehead atoms. The second-order valence-electron chi connectivity index (χ2n) is 6.81. The van der Waals surface area contributed by atoms with Gasteiger partial charge in [-0.1, -0.05) is 54.2 Å². The van der Waals surface area contributed by atoms with E-state index in [1.807, 2.05) is 30.3 Å². The molecular weight excluding hydrogens is 447 g/mol. The van der Waals surface area contributed by atoms with E-state index >= 15 is 0 Å². The van der Waals surface area contributed by atoms with Crippen molar-refractivity contribution >= 4 is 46.2 Å². The van der Waals surface area contributed by atoms with Crippen molar-refractivity contribution in [2.24, 2.45) is 0 Å². The van der Waals surface area contributed by atoms with Crippen molar-refractivity contribution in [3.05, 3.63) is 106 Å². The van der Waals surface area contributed by atoms with Gasteiger partial charge in [-0.05, 0) is 65.8 Å². The highest BCUT2D eigenvalue weighted by atomic mass is 32.2. The summed E-state index contributed by atoms with van der Waals surface area (Å²) in [6, 6.07) is 22.2. The lowest BCUT2D eigenvalue weighted by Crippen LogP contribution is -2.44. The number of hydrogen-bond acceptors (Lipinski definition) is 5. The van der Waals surface area contributed by atoms with Crippen molar-refractivity contribution in [2.45, 2.75) is 6.61 Å². The fraction of sp³-hybridized carbons (Fsp3) is 0.0417. The number of ether oxygens (including phenoxy) is 1. The first-order valence-electron chi connectivity index (χ1n) is 9.61. The second-order valence-corrected chi connectivity index (χ2v) is 8.49. The Bertz CT molecular complexity index is 1200. The Hall–Kier alpha value is -3.49. The predicted molar refractivity (Wildman–Crippen MR) is 126 cm³/mol. The minimum absolute atomic E-state index is 0.189. The van der Waals surface area contributed by atoms with E-state index in [1.165, 1.54) is 18.2 Å². The third-order valence-electron chi connectivity index (χ3n) is 4.52. The minimum Gasteiger partial charge on any atom is -0.489 e. The van der Waals surface area contributed by atoms with Gasteiger partial charge < -0.3 is 4.74 Å². The zero-order valence-electron chi connectivity index (χ0n) is 16.7. The summed E-state index contributed by atoms with van der Waals surface area (Å²) in [5.41, 5.74) is 4.44. The SMILES string of the molecule is O=C(NN1C(=O)C(=Cc2cccc(F)c2)SC1=S)c1ccc(OCc2ccccc2)cc1. The highest BCUT2D eigenvalue weighted by Gasteiger charge is 2.33. The van der Waals surface area contributed by atoms with Gasteiger partial charge >= 0.3 is 0 Å². The van der Waals surface area contributed by atoms with Gasteiger partial charge in [0.25, 0.3) is 11.8 Å². The average Bonchev–Trinajstić information content (AvgIpc) is 3.06. The third-order valence-corrected chi connectivity index (χ3v) is 5.82. The van der Waals surface area contributed by atoms with Gasteiger partial charge in [0.05, 0.1) is 4.91 Å². The highest BCUT2D eigenvalue weighted by molar-refractivity contribution is 8.26. The molecule has 1 aliphatic heterocycles. The molecule has 4 rings (SSSR count). The van der Waals surface area contributed by atoms with E-state index in [4.69, 9.17) is 17.0 Å². The number of hydrogen-bond donors (Lipinski definition) is 1. The van der Waals surface area contributed by atoms with E-state index in [-0.39, 0.29) is 4.32 Å². The molecule has 1 saturated heterocycles. The Morgan fingerprint density at radius 1 is 1.06 bits per heavy atom. The Morgan fingerprint density at radius 3 is 2.53 bits per heavy atom. The van der Waals surface area contributed by atoms with Gasteiger partial charge in [-0.3, -0.25) is 15.0 Å². The molecule has 1 N–H and O–H groups in total. The molecule has 0 unspecified atom stereocenters. The van der Waals surface area contributed by atoms with Crippen molar-refractivity contribution in [1.82, 2.24) is 10.4 Å². The molecule has 0 radical (unpaired) electrons. The number of benzene rings is 3. The van der Waals surface area contributed by atoms with Crippen LogP contribution in [0.15, 0.2) is 83.8 Å². The normalized spacial score (nSPS) is 14.7. The van der Waals surface area contributed by atoms with Gasteiger partial charge in [-0.25, -0.2) is 4.39 Å². The Balaban J connectivity index is 1.39. The molecular formula is C24H17FN2O3S2. The molecule has 2 amide bonds. The molecule has 32 heavy (non-hydrogen) atoms. The number of thiocarbonyl (C=S) groups is 1. The number of halogens is 1. The molecule has 8 heteroatoms. The zero-order valence-corrected chi connectivity index (χ0v) is 18.3. The number of carbonyl (C=O) groups excluding carboxylic acids is 2. The van der Waals surface area contributed by atoms with Crippen molar-refractivity contribution in [3.63, 3.8) is 0 Å². The maximum absolute atomic E-state index is 13.4. The first kappa shape index (κ1) is 21.7. The summed E-state index contributed by atoms with van der Waals surface area (Å²) in [6.07, 6.45) is 1.54. The first-order valence-corrected chi connectivity index (χ1v) is 10.8. The first-order chi connectivity index (χ1) is 15.5. The topological polar surface area (TPSA) is 58.6 Å². The summed E-state index contributed by atoms with van der Waals surface area (Å²) < 4.78 is 19.3. The summed E-state index contributed by atoms with van der Waals surface area (Å²) in [5.74, 6) is -0.740. The molecule has 1 aliphatic rings. The molecule has 3 aromatic carbocycles. The molecule has 160 valence electrons. The fourth-order valence-electron chi connectivity index (χ4n) is 2.92. The number of nitrogens with one attached hydrogen (secondary N) is 1. The number of hydrazine groups is 1. The van der Waals surface area contributed by atoms with Crippen molar-refractivity contribution in [2.75, 3.05) is 0 Å². The number of nitrogens with zero attached hydrogens (tertiary/aromatic N) is 1. The van der Waals surface area contributed by atoms with Crippen LogP contribution in [0.4, 0.5) is 4.39 Å². The Morgan fingerprint density at radius 2 is 1.81 bits per heavy atom. The van der Waals surface area contributed by atoms with E-state index < -0.39 is 17.6 Å². The monoisotopic (exact) mass is 464 g/mol. The number of amides is 2. The van der Waals surface area contributed by atoms with Crippen molar-refractivity contribution < 1.29 is 18.7 Å². The number of rotatable bonds is 6. The van der Waals surface area contributed by atoms with Gasteiger partial charge in [0.2, 0.25) is 0 Å². The summed E-state index contributed by atoms with van der Waals surface area (Å²) in [6.45, 7) is 0.417. The smallest absolute Gasteiger partial charge is 0.285 e. The van der Waals surface area contributed by atoms with Crippen LogP contribution in [0.5, 0.6) is 5.75 Å². The molecule has 0 aliphatic carbocycles. The van der Waals surface area contributed by atoms with E-state index in [0.29, 0.717) is 28.4 Å². The quantitative estimate of drug-likeness (QED) is 0.413. The summed E-state index contributed by atoms with van der Waals surface area (Å²) in [4.78, 5) is 25.6. The Labute approximate surface area is 193 Å². The number of thioether (sulfide) groups is 1. The molecule has 0 spiro atoms. The largest absolute Gasteiger partial charge is 0.489 e. The average molecular weight is 465 g/mol. The van der Waals surface area contributed by atoms with Crippen LogP contribution in [0.3, 0.4) is 0 Å². The highest BCUT2D eigenvalue weighted by Crippen LogP contribution is 2.31. The van der Waals surface area contributed by atoms with Crippen LogP contribution in [0, 0.1) is 5.82 Å². The molecule has 0 aromatic heterocycles. The van der Waals surface area contributed by atoms with Crippen LogP contribution in [0.25, 0.3) is 6.08 Å². The van der Waals surface area contributed by atoms with Crippen LogP contribution in [0.2, 0.25) is 0 Å². The van der Waals surface area contributed by atoms with Gasteiger partial charge in [-0.2, -0.15) is 5.01 Å². The van der Waals surface area contributed by atoms with E-state index in [9.17, 15) is 14.0 Å². The van der Waals surface area contributed by atoms with Crippen LogP contribution >= 0.6 is 24.0 Å². The third kappa shape index (κ3) is 5.22. The molecule has 0 atom stereocenters.